The van der Waals surface area contributed by atoms with E-state index in [9.17, 15) is 4.79 Å². The Balaban J connectivity index is 0.00000140. The second kappa shape index (κ2) is 9.96. The number of H-pyrrole nitrogens is 2. The van der Waals surface area contributed by atoms with Crippen molar-refractivity contribution in [3.63, 3.8) is 0 Å². The second-order valence-electron chi connectivity index (χ2n) is 6.71. The Morgan fingerprint density at radius 2 is 2.00 bits per heavy atom. The van der Waals surface area contributed by atoms with Crippen LogP contribution in [0.1, 0.15) is 13.8 Å². The van der Waals surface area contributed by atoms with Crippen molar-refractivity contribution in [3.8, 4) is 11.4 Å². The van der Waals surface area contributed by atoms with Crippen molar-refractivity contribution < 1.29 is 32.7 Å². The van der Waals surface area contributed by atoms with Crippen LogP contribution in [0.3, 0.4) is 0 Å². The van der Waals surface area contributed by atoms with Gasteiger partial charge in [-0.3, -0.25) is 14.5 Å². The number of aryl methyl sites for hydroxylation is 1. The quantitative estimate of drug-likeness (QED) is 0.308. The van der Waals surface area contributed by atoms with Gasteiger partial charge in [-0.1, -0.05) is 13.8 Å². The minimum atomic E-state index is -0.335. The monoisotopic (exact) mass is 483 g/mol. The molecule has 1 aromatic carbocycles. The summed E-state index contributed by atoms with van der Waals surface area (Å²) in [5, 5.41) is 7.75. The summed E-state index contributed by atoms with van der Waals surface area (Å²) in [5.41, 5.74) is 3.57. The molecule has 0 fully saturated rings. The topological polar surface area (TPSA) is 91.4 Å². The van der Waals surface area contributed by atoms with Gasteiger partial charge in [-0.2, -0.15) is 30.7 Å². The first-order chi connectivity index (χ1) is 12.4. The number of nitrogens with zero attached hydrogens (tertiary/aromatic N) is 3. The molecule has 0 aliphatic rings. The number of hydrogen-bond acceptors (Lipinski definition) is 4. The van der Waals surface area contributed by atoms with Crippen molar-refractivity contribution in [3.05, 3.63) is 48.2 Å². The summed E-state index contributed by atoms with van der Waals surface area (Å²) in [5.74, 6) is 0.302. The SMILES string of the molecule is S.[B]C(Nc1c(-c2nc3c[c-]ccc3[nH]2)c(=O)[nH]c2cn(C)nc12)C(C)C.[CH3-].[Y]. The minimum Gasteiger partial charge on any atom is -0.388 e. The van der Waals surface area contributed by atoms with E-state index in [0.29, 0.717) is 28.1 Å². The molecule has 0 aliphatic carbocycles. The van der Waals surface area contributed by atoms with Crippen molar-refractivity contribution in [2.45, 2.75) is 19.8 Å². The van der Waals surface area contributed by atoms with Crippen LogP contribution in [0.15, 0.2) is 29.2 Å². The fourth-order valence-corrected chi connectivity index (χ4v) is 2.90. The molecule has 0 amide bonds. The number of rotatable bonds is 4. The molecule has 1 atom stereocenters. The first-order valence-electron chi connectivity index (χ1n) is 8.42. The van der Waals surface area contributed by atoms with Gasteiger partial charge in [0.2, 0.25) is 0 Å². The number of benzene rings is 1. The third-order valence-electron chi connectivity index (χ3n) is 4.38. The molecule has 0 aliphatic heterocycles. The number of anilines is 1. The smallest absolute Gasteiger partial charge is 0.261 e. The Hall–Kier alpha value is -1.57. The van der Waals surface area contributed by atoms with Crippen LogP contribution >= 0.6 is 13.5 Å². The molecule has 3 aromatic heterocycles. The van der Waals surface area contributed by atoms with E-state index in [-0.39, 0.29) is 71.0 Å². The zero-order valence-electron chi connectivity index (χ0n) is 16.9. The molecule has 3 radical (unpaired) electrons. The number of aromatic amines is 2. The third kappa shape index (κ3) is 4.78. The molecular formula is C19H23BN6OSY-2. The van der Waals surface area contributed by atoms with Gasteiger partial charge in [0.15, 0.2) is 0 Å². The fraction of sp³-hybridized carbons (Fsp3) is 0.263. The Bertz CT molecular complexity index is 1140. The zero-order valence-corrected chi connectivity index (χ0v) is 20.7. The number of hydrogen-bond donors (Lipinski definition) is 3. The Labute approximate surface area is 203 Å². The molecular weight excluding hydrogens is 460 g/mol. The maximum Gasteiger partial charge on any atom is 0.261 e. The average molecular weight is 483 g/mol. The molecule has 149 valence electrons. The van der Waals surface area contributed by atoms with Crippen LogP contribution in [-0.4, -0.2) is 38.5 Å². The molecule has 1 unspecified atom stereocenters. The zero-order chi connectivity index (χ0) is 18.4. The first-order valence-corrected chi connectivity index (χ1v) is 8.42. The maximum absolute atomic E-state index is 12.9. The fourth-order valence-electron chi connectivity index (χ4n) is 2.90. The van der Waals surface area contributed by atoms with Gasteiger partial charge in [-0.15, -0.1) is 12.1 Å². The van der Waals surface area contributed by atoms with Crippen molar-refractivity contribution in [2.75, 3.05) is 5.32 Å². The normalized spacial score (nSPS) is 11.6. The van der Waals surface area contributed by atoms with Crippen LogP contribution < -0.4 is 10.9 Å². The Morgan fingerprint density at radius 3 is 2.66 bits per heavy atom. The van der Waals surface area contributed by atoms with E-state index in [1.807, 2.05) is 19.9 Å². The predicted molar refractivity (Wildman–Crippen MR) is 120 cm³/mol. The summed E-state index contributed by atoms with van der Waals surface area (Å²) in [4.78, 5) is 23.5. The van der Waals surface area contributed by atoms with Gasteiger partial charge in [-0.05, 0) is 22.9 Å². The largest absolute Gasteiger partial charge is 0.388 e. The Morgan fingerprint density at radius 1 is 1.28 bits per heavy atom. The molecule has 0 saturated carbocycles. The number of imidazole rings is 1. The van der Waals surface area contributed by atoms with E-state index in [1.54, 1.807) is 30.1 Å². The van der Waals surface area contributed by atoms with Crippen LogP contribution in [0.25, 0.3) is 33.5 Å². The number of nitrogens with one attached hydrogen (secondary N) is 3. The van der Waals surface area contributed by atoms with Crippen molar-refractivity contribution in [1.29, 1.82) is 0 Å². The molecule has 4 aromatic rings. The summed E-state index contributed by atoms with van der Waals surface area (Å²) in [6.07, 6.45) is 1.76. The van der Waals surface area contributed by atoms with Crippen molar-refractivity contribution >= 4 is 49.1 Å². The summed E-state index contributed by atoms with van der Waals surface area (Å²) in [7, 11) is 8.03. The van der Waals surface area contributed by atoms with Crippen LogP contribution in [0, 0.1) is 19.4 Å². The Kier molecular flexibility index (Phi) is 8.74. The van der Waals surface area contributed by atoms with E-state index in [2.05, 4.69) is 31.4 Å². The van der Waals surface area contributed by atoms with Gasteiger partial charge in [0, 0.05) is 46.0 Å². The molecule has 3 heterocycles. The number of aromatic nitrogens is 5. The second-order valence-corrected chi connectivity index (χ2v) is 6.71. The molecule has 3 N–H and O–H groups in total. The first kappa shape index (κ1) is 25.5. The van der Waals surface area contributed by atoms with Crippen molar-refractivity contribution in [2.24, 2.45) is 13.0 Å². The number of pyridine rings is 1. The van der Waals surface area contributed by atoms with Gasteiger partial charge < -0.3 is 22.7 Å². The van der Waals surface area contributed by atoms with Gasteiger partial charge in [-0.25, -0.2) is 0 Å². The van der Waals surface area contributed by atoms with Gasteiger partial charge >= 0.3 is 0 Å². The van der Waals surface area contributed by atoms with Crippen LogP contribution in [0.2, 0.25) is 0 Å². The minimum absolute atomic E-state index is 0. The predicted octanol–water partition coefficient (Wildman–Crippen LogP) is 2.73. The molecule has 29 heavy (non-hydrogen) atoms. The van der Waals surface area contributed by atoms with Gasteiger partial charge in [0.25, 0.3) is 5.56 Å². The van der Waals surface area contributed by atoms with E-state index in [4.69, 9.17) is 7.85 Å². The molecule has 0 saturated heterocycles. The summed E-state index contributed by atoms with van der Waals surface area (Å²) in [6.45, 7) is 4.02. The molecule has 7 nitrogen and oxygen atoms in total. The molecule has 4 rings (SSSR count). The van der Waals surface area contributed by atoms with E-state index >= 15 is 0 Å². The van der Waals surface area contributed by atoms with Crippen LogP contribution in [-0.2, 0) is 39.8 Å². The van der Waals surface area contributed by atoms with E-state index in [0.717, 1.165) is 11.0 Å². The van der Waals surface area contributed by atoms with E-state index in [1.165, 1.54) is 0 Å². The van der Waals surface area contributed by atoms with Crippen LogP contribution in [0.5, 0.6) is 0 Å². The summed E-state index contributed by atoms with van der Waals surface area (Å²) in [6, 6.07) is 8.43. The molecule has 0 bridgehead atoms. The summed E-state index contributed by atoms with van der Waals surface area (Å²) < 4.78 is 1.66. The summed E-state index contributed by atoms with van der Waals surface area (Å²) >= 11 is 0. The van der Waals surface area contributed by atoms with Crippen LogP contribution in [0.4, 0.5) is 5.69 Å². The molecule has 10 heteroatoms. The third-order valence-corrected chi connectivity index (χ3v) is 4.38. The van der Waals surface area contributed by atoms with Crippen molar-refractivity contribution in [1.82, 2.24) is 24.7 Å². The average Bonchev–Trinajstić information content (AvgIpc) is 3.16. The standard InChI is InChI=1S/C18H18BN6O.CH3.H2S.Y/c1-9(2)16(19)23-15-13(17-20-10-6-4-5-7-11(10)21-17)18(26)22-12-8-25(3)24-14(12)15;;;/h4,6-9,16,23H,1-3H3,(H,20,21)(H,22,26);1H3;1H2;/q2*-1;;. The number of fused-ring (bicyclic) bond motifs is 2. The van der Waals surface area contributed by atoms with Gasteiger partial charge in [0.1, 0.15) is 16.9 Å². The molecule has 0 spiro atoms. The van der Waals surface area contributed by atoms with Gasteiger partial charge in [0.05, 0.1) is 19.1 Å². The van der Waals surface area contributed by atoms with E-state index < -0.39 is 0 Å². The maximum atomic E-state index is 12.9.